The molecule has 0 unspecified atom stereocenters. The molecule has 0 amide bonds. The number of imidazole rings is 2. The van der Waals surface area contributed by atoms with Gasteiger partial charge in [0.15, 0.2) is 0 Å². The highest BCUT2D eigenvalue weighted by molar-refractivity contribution is 5.11. The third-order valence-corrected chi connectivity index (χ3v) is 3.47. The summed E-state index contributed by atoms with van der Waals surface area (Å²) in [6.45, 7) is 5.20. The summed E-state index contributed by atoms with van der Waals surface area (Å²) in [7, 11) is 3.99. The molecule has 0 atom stereocenters. The van der Waals surface area contributed by atoms with Crippen LogP contribution < -0.4 is 5.32 Å². The van der Waals surface area contributed by atoms with Crippen molar-refractivity contribution in [1.29, 1.82) is 0 Å². The smallest absolute Gasteiger partial charge is 0.110 e. The molecule has 0 aromatic carbocycles. The van der Waals surface area contributed by atoms with Crippen LogP contribution in [0.15, 0.2) is 24.9 Å². The van der Waals surface area contributed by atoms with Gasteiger partial charge in [0, 0.05) is 38.6 Å². The third kappa shape index (κ3) is 2.46. The molecule has 2 aromatic rings. The summed E-state index contributed by atoms with van der Waals surface area (Å²) in [4.78, 5) is 8.60. The van der Waals surface area contributed by atoms with Gasteiger partial charge in [-0.3, -0.25) is 0 Å². The zero-order valence-electron chi connectivity index (χ0n) is 11.5. The van der Waals surface area contributed by atoms with Crippen LogP contribution in [0.4, 0.5) is 0 Å². The Morgan fingerprint density at radius 1 is 1.39 bits per heavy atom. The number of hydrogen-bond donors (Lipinski definition) is 1. The monoisotopic (exact) mass is 247 g/mol. The molecule has 0 saturated heterocycles. The van der Waals surface area contributed by atoms with Gasteiger partial charge in [0.2, 0.25) is 0 Å². The van der Waals surface area contributed by atoms with E-state index in [0.717, 1.165) is 18.8 Å². The molecule has 0 aliphatic rings. The molecule has 0 aliphatic heterocycles. The molecule has 0 saturated carbocycles. The Morgan fingerprint density at radius 2 is 2.17 bits per heavy atom. The summed E-state index contributed by atoms with van der Waals surface area (Å²) in [5.41, 5.74) is 1.12. The average molecular weight is 247 g/mol. The molecule has 0 spiro atoms. The second-order valence-corrected chi connectivity index (χ2v) is 5.05. The zero-order valence-corrected chi connectivity index (χ0v) is 11.5. The van der Waals surface area contributed by atoms with E-state index in [4.69, 9.17) is 0 Å². The standard InChI is InChI=1S/C13H21N5/c1-13(2,14-3)11-9-15-10-18(11)7-5-12-16-6-8-17(12)4/h6,8-10,14H,5,7H2,1-4H3. The lowest BCUT2D eigenvalue weighted by Crippen LogP contribution is -2.35. The predicted molar refractivity (Wildman–Crippen MR) is 71.2 cm³/mol. The Balaban J connectivity index is 2.11. The molecule has 98 valence electrons. The van der Waals surface area contributed by atoms with Crippen LogP contribution in [0, 0.1) is 0 Å². The summed E-state index contributed by atoms with van der Waals surface area (Å²) in [5.74, 6) is 1.09. The van der Waals surface area contributed by atoms with Crippen molar-refractivity contribution in [2.24, 2.45) is 7.05 Å². The van der Waals surface area contributed by atoms with E-state index in [1.54, 1.807) is 0 Å². The normalized spacial score (nSPS) is 12.0. The van der Waals surface area contributed by atoms with Gasteiger partial charge in [-0.1, -0.05) is 0 Å². The van der Waals surface area contributed by atoms with Gasteiger partial charge < -0.3 is 14.5 Å². The van der Waals surface area contributed by atoms with Crippen molar-refractivity contribution in [2.75, 3.05) is 7.05 Å². The predicted octanol–water partition coefficient (Wildman–Crippen LogP) is 1.31. The fourth-order valence-corrected chi connectivity index (χ4v) is 2.01. The molecule has 0 bridgehead atoms. The molecule has 5 heteroatoms. The maximum absolute atomic E-state index is 4.34. The molecule has 0 fully saturated rings. The van der Waals surface area contributed by atoms with Gasteiger partial charge in [-0.05, 0) is 20.9 Å². The van der Waals surface area contributed by atoms with Crippen molar-refractivity contribution in [3.8, 4) is 0 Å². The van der Waals surface area contributed by atoms with E-state index in [2.05, 4.69) is 38.3 Å². The number of aromatic nitrogens is 4. The van der Waals surface area contributed by atoms with Crippen molar-refractivity contribution >= 4 is 0 Å². The van der Waals surface area contributed by atoms with Crippen LogP contribution in [-0.4, -0.2) is 26.1 Å². The van der Waals surface area contributed by atoms with Crippen LogP contribution in [-0.2, 0) is 25.6 Å². The molecule has 2 heterocycles. The molecule has 2 aromatic heterocycles. The number of nitrogens with zero attached hydrogens (tertiary/aromatic N) is 4. The molecular formula is C13H21N5. The average Bonchev–Trinajstić information content (AvgIpc) is 2.95. The highest BCUT2D eigenvalue weighted by atomic mass is 15.1. The van der Waals surface area contributed by atoms with Gasteiger partial charge in [-0.15, -0.1) is 0 Å². The Morgan fingerprint density at radius 3 is 2.78 bits per heavy atom. The van der Waals surface area contributed by atoms with Crippen LogP contribution in [0.3, 0.4) is 0 Å². The molecule has 1 N–H and O–H groups in total. The van der Waals surface area contributed by atoms with Gasteiger partial charge in [0.05, 0.1) is 17.6 Å². The number of hydrogen-bond acceptors (Lipinski definition) is 3. The van der Waals surface area contributed by atoms with Gasteiger partial charge in [-0.25, -0.2) is 9.97 Å². The van der Waals surface area contributed by atoms with Crippen molar-refractivity contribution in [3.63, 3.8) is 0 Å². The molecular weight excluding hydrogens is 226 g/mol. The minimum atomic E-state index is -0.0713. The van der Waals surface area contributed by atoms with E-state index in [1.807, 2.05) is 39.0 Å². The fraction of sp³-hybridized carbons (Fsp3) is 0.538. The van der Waals surface area contributed by atoms with Crippen molar-refractivity contribution < 1.29 is 0 Å². The Labute approximate surface area is 108 Å². The van der Waals surface area contributed by atoms with Crippen LogP contribution in [0.25, 0.3) is 0 Å². The topological polar surface area (TPSA) is 47.7 Å². The van der Waals surface area contributed by atoms with Crippen LogP contribution in [0.1, 0.15) is 25.4 Å². The first kappa shape index (κ1) is 12.8. The van der Waals surface area contributed by atoms with Gasteiger partial charge >= 0.3 is 0 Å². The largest absolute Gasteiger partial charge is 0.338 e. The van der Waals surface area contributed by atoms with E-state index in [-0.39, 0.29) is 5.54 Å². The molecule has 5 nitrogen and oxygen atoms in total. The molecule has 18 heavy (non-hydrogen) atoms. The highest BCUT2D eigenvalue weighted by Crippen LogP contribution is 2.19. The first-order valence-corrected chi connectivity index (χ1v) is 6.20. The summed E-state index contributed by atoms with van der Waals surface area (Å²) in [5, 5.41) is 3.31. The Hall–Kier alpha value is -1.62. The van der Waals surface area contributed by atoms with Gasteiger partial charge in [0.1, 0.15) is 5.82 Å². The molecule has 2 rings (SSSR count). The van der Waals surface area contributed by atoms with Crippen molar-refractivity contribution in [2.45, 2.75) is 32.4 Å². The second kappa shape index (κ2) is 4.94. The first-order valence-electron chi connectivity index (χ1n) is 6.20. The van der Waals surface area contributed by atoms with Gasteiger partial charge in [-0.2, -0.15) is 0 Å². The maximum Gasteiger partial charge on any atom is 0.110 e. The summed E-state index contributed by atoms with van der Waals surface area (Å²) >= 11 is 0. The highest BCUT2D eigenvalue weighted by Gasteiger charge is 2.21. The zero-order chi connectivity index (χ0) is 13.2. The summed E-state index contributed by atoms with van der Waals surface area (Å²) < 4.78 is 4.24. The van der Waals surface area contributed by atoms with E-state index in [1.165, 1.54) is 5.69 Å². The van der Waals surface area contributed by atoms with Crippen LogP contribution >= 0.6 is 0 Å². The summed E-state index contributed by atoms with van der Waals surface area (Å²) in [6, 6.07) is 0. The first-order chi connectivity index (χ1) is 8.54. The second-order valence-electron chi connectivity index (χ2n) is 5.05. The lowest BCUT2D eigenvalue weighted by molar-refractivity contribution is 0.407. The van der Waals surface area contributed by atoms with Crippen molar-refractivity contribution in [3.05, 3.63) is 36.4 Å². The lowest BCUT2D eigenvalue weighted by atomic mass is 10.0. The van der Waals surface area contributed by atoms with E-state index < -0.39 is 0 Å². The quantitative estimate of drug-likeness (QED) is 0.866. The van der Waals surface area contributed by atoms with E-state index >= 15 is 0 Å². The van der Waals surface area contributed by atoms with Crippen molar-refractivity contribution in [1.82, 2.24) is 24.4 Å². The van der Waals surface area contributed by atoms with Crippen LogP contribution in [0.2, 0.25) is 0 Å². The number of nitrogens with one attached hydrogen (secondary N) is 1. The minimum absolute atomic E-state index is 0.0713. The molecule has 0 aliphatic carbocycles. The Bertz CT molecular complexity index is 509. The number of aryl methyl sites for hydroxylation is 3. The fourth-order valence-electron chi connectivity index (χ4n) is 2.01. The molecule has 0 radical (unpaired) electrons. The van der Waals surface area contributed by atoms with Gasteiger partial charge in [0.25, 0.3) is 0 Å². The maximum atomic E-state index is 4.34. The Kier molecular flexibility index (Phi) is 3.52. The van der Waals surface area contributed by atoms with E-state index in [0.29, 0.717) is 0 Å². The van der Waals surface area contributed by atoms with E-state index in [9.17, 15) is 0 Å². The third-order valence-electron chi connectivity index (χ3n) is 3.47. The van der Waals surface area contributed by atoms with Crippen LogP contribution in [0.5, 0.6) is 0 Å². The summed E-state index contributed by atoms with van der Waals surface area (Å²) in [6.07, 6.45) is 8.53. The SMILES string of the molecule is CNC(C)(C)c1cncn1CCc1nccn1C. The number of rotatable bonds is 5. The minimum Gasteiger partial charge on any atom is -0.338 e. The lowest BCUT2D eigenvalue weighted by Gasteiger charge is -2.25.